The lowest BCUT2D eigenvalue weighted by atomic mass is 10.3. The van der Waals surface area contributed by atoms with Crippen molar-refractivity contribution in [3.8, 4) is 0 Å². The van der Waals surface area contributed by atoms with Crippen molar-refractivity contribution in [2.75, 3.05) is 5.73 Å². The summed E-state index contributed by atoms with van der Waals surface area (Å²) < 4.78 is 40.1. The average Bonchev–Trinajstić information content (AvgIpc) is 2.90. The number of halogens is 1. The van der Waals surface area contributed by atoms with Crippen molar-refractivity contribution < 1.29 is 12.8 Å². The van der Waals surface area contributed by atoms with Gasteiger partial charge in [-0.3, -0.25) is 0 Å². The van der Waals surface area contributed by atoms with E-state index in [2.05, 4.69) is 9.71 Å². The summed E-state index contributed by atoms with van der Waals surface area (Å²) >= 11 is 1.46. The molecule has 21 heavy (non-hydrogen) atoms. The molecule has 2 aromatic rings. The Morgan fingerprint density at radius 2 is 2.19 bits per heavy atom. The number of thiazole rings is 1. The highest BCUT2D eigenvalue weighted by Gasteiger charge is 2.21. The van der Waals surface area contributed by atoms with Crippen LogP contribution in [0.1, 0.15) is 29.8 Å². The first-order valence-corrected chi connectivity index (χ1v) is 8.65. The summed E-state index contributed by atoms with van der Waals surface area (Å²) in [6.45, 7) is 3.72. The minimum Gasteiger partial charge on any atom is -0.396 e. The van der Waals surface area contributed by atoms with E-state index in [1.54, 1.807) is 13.1 Å². The molecule has 0 aliphatic heterocycles. The second-order valence-electron chi connectivity index (χ2n) is 4.54. The molecule has 0 fully saturated rings. The third kappa shape index (κ3) is 3.58. The number of hydrogen-bond donors (Lipinski definition) is 2. The predicted molar refractivity (Wildman–Crippen MR) is 81.0 cm³/mol. The molecule has 1 unspecified atom stereocenters. The van der Waals surface area contributed by atoms with Gasteiger partial charge in [0.1, 0.15) is 10.8 Å². The van der Waals surface area contributed by atoms with Gasteiger partial charge in [-0.2, -0.15) is 0 Å². The number of hydrogen-bond acceptors (Lipinski definition) is 5. The van der Waals surface area contributed by atoms with Gasteiger partial charge in [-0.15, -0.1) is 11.3 Å². The first-order valence-electron chi connectivity index (χ1n) is 6.35. The number of sulfonamides is 1. The molecule has 1 aromatic carbocycles. The molecule has 5 nitrogen and oxygen atoms in total. The van der Waals surface area contributed by atoms with Gasteiger partial charge in [0.15, 0.2) is 0 Å². The minimum atomic E-state index is -3.77. The van der Waals surface area contributed by atoms with Gasteiger partial charge >= 0.3 is 0 Å². The number of nitrogens with zero attached hydrogens (tertiary/aromatic N) is 1. The topological polar surface area (TPSA) is 85.1 Å². The Bertz CT molecular complexity index is 744. The maximum Gasteiger partial charge on any atom is 0.241 e. The van der Waals surface area contributed by atoms with Crippen LogP contribution in [0.3, 0.4) is 0 Å². The van der Waals surface area contributed by atoms with Crippen LogP contribution in [0.2, 0.25) is 0 Å². The molecule has 0 saturated heterocycles. The molecule has 2 rings (SSSR count). The van der Waals surface area contributed by atoms with E-state index in [1.165, 1.54) is 17.4 Å². The Labute approximate surface area is 127 Å². The average molecular weight is 329 g/mol. The third-order valence-electron chi connectivity index (χ3n) is 2.90. The highest BCUT2D eigenvalue weighted by molar-refractivity contribution is 7.89. The zero-order chi connectivity index (χ0) is 15.6. The molecule has 0 spiro atoms. The van der Waals surface area contributed by atoms with Crippen molar-refractivity contribution in [3.63, 3.8) is 0 Å². The SMILES string of the molecule is CCc1cnc(C(C)NS(=O)(=O)c2ccc(F)c(N)c2)s1. The van der Waals surface area contributed by atoms with E-state index in [4.69, 9.17) is 5.73 Å². The fourth-order valence-corrected chi connectivity index (χ4v) is 3.90. The summed E-state index contributed by atoms with van der Waals surface area (Å²) in [4.78, 5) is 5.22. The maximum atomic E-state index is 13.1. The standard InChI is InChI=1S/C13H16FN3O2S2/c1-3-9-7-16-13(20-9)8(2)17-21(18,19)10-4-5-11(14)12(15)6-10/h4-8,17H,3,15H2,1-2H3. The molecule has 3 N–H and O–H groups in total. The molecule has 114 valence electrons. The molecule has 8 heteroatoms. The lowest BCUT2D eigenvalue weighted by molar-refractivity contribution is 0.566. The van der Waals surface area contributed by atoms with Gasteiger partial charge in [-0.1, -0.05) is 6.92 Å². The Morgan fingerprint density at radius 3 is 2.76 bits per heavy atom. The van der Waals surface area contributed by atoms with Gasteiger partial charge in [0.25, 0.3) is 0 Å². The Kier molecular flexibility index (Phi) is 4.60. The Morgan fingerprint density at radius 1 is 1.48 bits per heavy atom. The van der Waals surface area contributed by atoms with Crippen molar-refractivity contribution in [2.24, 2.45) is 0 Å². The molecule has 1 atom stereocenters. The first-order chi connectivity index (χ1) is 9.83. The van der Waals surface area contributed by atoms with E-state index in [0.29, 0.717) is 5.01 Å². The number of nitrogens with two attached hydrogens (primary N) is 1. The van der Waals surface area contributed by atoms with E-state index in [-0.39, 0.29) is 10.6 Å². The van der Waals surface area contributed by atoms with Gasteiger partial charge in [-0.05, 0) is 31.5 Å². The molecule has 0 bridgehead atoms. The summed E-state index contributed by atoms with van der Waals surface area (Å²) in [5.41, 5.74) is 5.20. The molecular formula is C13H16FN3O2S2. The molecular weight excluding hydrogens is 313 g/mol. The first kappa shape index (κ1) is 15.9. The van der Waals surface area contributed by atoms with Crippen LogP contribution in [0.25, 0.3) is 0 Å². The zero-order valence-electron chi connectivity index (χ0n) is 11.6. The van der Waals surface area contributed by atoms with E-state index in [0.717, 1.165) is 23.4 Å². The maximum absolute atomic E-state index is 13.1. The number of aryl methyl sites for hydroxylation is 1. The second-order valence-corrected chi connectivity index (χ2v) is 7.41. The van der Waals surface area contributed by atoms with Crippen LogP contribution in [-0.2, 0) is 16.4 Å². The van der Waals surface area contributed by atoms with E-state index in [1.807, 2.05) is 6.92 Å². The van der Waals surface area contributed by atoms with Crippen LogP contribution in [0, 0.1) is 5.82 Å². The van der Waals surface area contributed by atoms with Crippen LogP contribution >= 0.6 is 11.3 Å². The predicted octanol–water partition coefficient (Wildman–Crippen LogP) is 2.47. The quantitative estimate of drug-likeness (QED) is 0.825. The van der Waals surface area contributed by atoms with Crippen LogP contribution < -0.4 is 10.5 Å². The minimum absolute atomic E-state index is 0.0690. The molecule has 0 aliphatic rings. The molecule has 0 amide bonds. The third-order valence-corrected chi connectivity index (χ3v) is 5.76. The fraction of sp³-hybridized carbons (Fsp3) is 0.308. The van der Waals surface area contributed by atoms with Crippen molar-refractivity contribution in [1.29, 1.82) is 0 Å². The lowest BCUT2D eigenvalue weighted by Crippen LogP contribution is -2.27. The summed E-state index contributed by atoms with van der Waals surface area (Å²) in [7, 11) is -3.77. The number of aromatic nitrogens is 1. The van der Waals surface area contributed by atoms with Gasteiger partial charge in [0.2, 0.25) is 10.0 Å². The van der Waals surface area contributed by atoms with E-state index in [9.17, 15) is 12.8 Å². The highest BCUT2D eigenvalue weighted by Crippen LogP contribution is 2.23. The number of benzene rings is 1. The van der Waals surface area contributed by atoms with Crippen molar-refractivity contribution in [1.82, 2.24) is 9.71 Å². The van der Waals surface area contributed by atoms with Crippen LogP contribution in [0.4, 0.5) is 10.1 Å². The summed E-state index contributed by atoms with van der Waals surface area (Å²) in [5, 5.41) is 0.686. The second kappa shape index (κ2) is 6.08. The van der Waals surface area contributed by atoms with Crippen molar-refractivity contribution in [3.05, 3.63) is 40.1 Å². The van der Waals surface area contributed by atoms with Crippen molar-refractivity contribution in [2.45, 2.75) is 31.2 Å². The highest BCUT2D eigenvalue weighted by atomic mass is 32.2. The monoisotopic (exact) mass is 329 g/mol. The lowest BCUT2D eigenvalue weighted by Gasteiger charge is -2.12. The Balaban J connectivity index is 2.22. The van der Waals surface area contributed by atoms with Crippen molar-refractivity contribution >= 4 is 27.0 Å². The van der Waals surface area contributed by atoms with Crippen LogP contribution in [0.15, 0.2) is 29.3 Å². The fourth-order valence-electron chi connectivity index (χ4n) is 1.73. The van der Waals surface area contributed by atoms with Crippen LogP contribution in [-0.4, -0.2) is 13.4 Å². The molecule has 0 radical (unpaired) electrons. The number of nitrogens with one attached hydrogen (secondary N) is 1. The number of rotatable bonds is 5. The smallest absolute Gasteiger partial charge is 0.241 e. The molecule has 0 aliphatic carbocycles. The van der Waals surface area contributed by atoms with E-state index >= 15 is 0 Å². The largest absolute Gasteiger partial charge is 0.396 e. The molecule has 1 heterocycles. The van der Waals surface area contributed by atoms with E-state index < -0.39 is 21.9 Å². The van der Waals surface area contributed by atoms with Crippen LogP contribution in [0.5, 0.6) is 0 Å². The molecule has 1 aromatic heterocycles. The van der Waals surface area contributed by atoms with Gasteiger partial charge < -0.3 is 5.73 Å². The summed E-state index contributed by atoms with van der Waals surface area (Å²) in [6, 6.07) is 2.85. The number of anilines is 1. The van der Waals surface area contributed by atoms with Gasteiger partial charge in [0.05, 0.1) is 16.6 Å². The Hall–Kier alpha value is -1.51. The summed E-state index contributed by atoms with van der Waals surface area (Å²) in [5.74, 6) is -0.644. The number of nitrogen functional groups attached to an aromatic ring is 1. The summed E-state index contributed by atoms with van der Waals surface area (Å²) in [6.07, 6.45) is 2.59. The van der Waals surface area contributed by atoms with Gasteiger partial charge in [-0.25, -0.2) is 22.5 Å². The zero-order valence-corrected chi connectivity index (χ0v) is 13.3. The normalized spacial score (nSPS) is 13.3. The van der Waals surface area contributed by atoms with Gasteiger partial charge in [0, 0.05) is 11.1 Å². The molecule has 0 saturated carbocycles.